The molecule has 2 aromatic rings. The lowest BCUT2D eigenvalue weighted by Crippen LogP contribution is -2.37. The molecule has 3 rings (SSSR count). The Balaban J connectivity index is 2.10. The molecule has 124 valence electrons. The zero-order valence-electron chi connectivity index (χ0n) is 14.3. The Hall–Kier alpha value is -2.11. The van der Waals surface area contributed by atoms with Gasteiger partial charge in [0, 0.05) is 29.9 Å². The maximum atomic E-state index is 12.8. The average Bonchev–Trinajstić information content (AvgIpc) is 2.87. The summed E-state index contributed by atoms with van der Waals surface area (Å²) in [5.41, 5.74) is 3.34. The summed E-state index contributed by atoms with van der Waals surface area (Å²) in [6.45, 7) is 9.91. The Morgan fingerprint density at radius 1 is 1.04 bits per heavy atom. The first-order valence-electron chi connectivity index (χ1n) is 8.23. The molecule has 1 saturated heterocycles. The topological polar surface area (TPSA) is 64.2 Å². The molecule has 0 bridgehead atoms. The molecule has 6 heteroatoms. The van der Waals surface area contributed by atoms with Crippen LogP contribution in [-0.4, -0.2) is 27.8 Å². The lowest BCUT2D eigenvalue weighted by Gasteiger charge is -2.30. The third kappa shape index (κ3) is 2.90. The van der Waals surface area contributed by atoms with Crippen LogP contribution < -0.4 is 10.5 Å². The van der Waals surface area contributed by atoms with Crippen LogP contribution >= 0.6 is 0 Å². The fourth-order valence-electron chi connectivity index (χ4n) is 3.11. The second-order valence-electron chi connectivity index (χ2n) is 6.36. The third-order valence-electron chi connectivity index (χ3n) is 4.75. The smallest absolute Gasteiger partial charge is 0.258 e. The quantitative estimate of drug-likeness (QED) is 0.870. The molecule has 0 amide bonds. The van der Waals surface area contributed by atoms with Gasteiger partial charge in [-0.15, -0.1) is 0 Å². The van der Waals surface area contributed by atoms with Gasteiger partial charge in [-0.3, -0.25) is 9.36 Å². The first kappa shape index (κ1) is 15.8. The Morgan fingerprint density at radius 3 is 2.35 bits per heavy atom. The lowest BCUT2D eigenvalue weighted by molar-refractivity contribution is 0.392. The molecule has 3 heterocycles. The van der Waals surface area contributed by atoms with E-state index in [4.69, 9.17) is 9.51 Å². The van der Waals surface area contributed by atoms with Crippen molar-refractivity contribution in [3.63, 3.8) is 0 Å². The summed E-state index contributed by atoms with van der Waals surface area (Å²) in [5, 5.41) is 4.00. The molecule has 1 aliphatic heterocycles. The van der Waals surface area contributed by atoms with E-state index in [2.05, 4.69) is 10.1 Å². The molecule has 0 aromatic carbocycles. The summed E-state index contributed by atoms with van der Waals surface area (Å²) >= 11 is 0. The van der Waals surface area contributed by atoms with Gasteiger partial charge in [0.1, 0.15) is 5.76 Å². The van der Waals surface area contributed by atoms with Crippen LogP contribution in [0.15, 0.2) is 9.32 Å². The SMILES string of the molecule is Cc1noc(C)c1Cn1c(N2CCCCC2)nc(C)c(C)c1=O. The van der Waals surface area contributed by atoms with Crippen LogP contribution in [0, 0.1) is 27.7 Å². The van der Waals surface area contributed by atoms with Crippen molar-refractivity contribution in [2.75, 3.05) is 18.0 Å². The Morgan fingerprint density at radius 2 is 1.74 bits per heavy atom. The minimum absolute atomic E-state index is 0.0260. The number of rotatable bonds is 3. The Kier molecular flexibility index (Phi) is 4.24. The molecule has 2 aromatic heterocycles. The van der Waals surface area contributed by atoms with Crippen LogP contribution in [0.5, 0.6) is 0 Å². The van der Waals surface area contributed by atoms with E-state index < -0.39 is 0 Å². The van der Waals surface area contributed by atoms with Gasteiger partial charge in [-0.1, -0.05) is 5.16 Å². The maximum absolute atomic E-state index is 12.8. The molecular formula is C17H24N4O2. The fourth-order valence-corrected chi connectivity index (χ4v) is 3.11. The van der Waals surface area contributed by atoms with E-state index in [9.17, 15) is 4.79 Å². The van der Waals surface area contributed by atoms with Gasteiger partial charge in [0.15, 0.2) is 0 Å². The highest BCUT2D eigenvalue weighted by atomic mass is 16.5. The molecule has 0 N–H and O–H groups in total. The summed E-state index contributed by atoms with van der Waals surface area (Å²) in [7, 11) is 0. The molecule has 0 spiro atoms. The molecular weight excluding hydrogens is 292 g/mol. The second kappa shape index (κ2) is 6.18. The van der Waals surface area contributed by atoms with Crippen molar-refractivity contribution in [2.45, 2.75) is 53.5 Å². The first-order chi connectivity index (χ1) is 11.0. The first-order valence-corrected chi connectivity index (χ1v) is 8.23. The molecule has 1 fully saturated rings. The van der Waals surface area contributed by atoms with Crippen molar-refractivity contribution in [1.29, 1.82) is 0 Å². The van der Waals surface area contributed by atoms with Gasteiger partial charge < -0.3 is 9.42 Å². The molecule has 0 atom stereocenters. The van der Waals surface area contributed by atoms with Crippen molar-refractivity contribution in [1.82, 2.24) is 14.7 Å². The normalized spacial score (nSPS) is 15.2. The van der Waals surface area contributed by atoms with E-state index in [-0.39, 0.29) is 5.56 Å². The number of hydrogen-bond donors (Lipinski definition) is 0. The molecule has 0 radical (unpaired) electrons. The zero-order valence-corrected chi connectivity index (χ0v) is 14.3. The van der Waals surface area contributed by atoms with E-state index in [0.717, 1.165) is 54.6 Å². The van der Waals surface area contributed by atoms with Crippen LogP contribution in [-0.2, 0) is 6.54 Å². The van der Waals surface area contributed by atoms with Gasteiger partial charge in [0.2, 0.25) is 5.95 Å². The third-order valence-corrected chi connectivity index (χ3v) is 4.75. The van der Waals surface area contributed by atoms with Crippen LogP contribution in [0.1, 0.15) is 47.5 Å². The van der Waals surface area contributed by atoms with E-state index in [1.807, 2.05) is 27.7 Å². The Bertz CT molecular complexity index is 750. The lowest BCUT2D eigenvalue weighted by atomic mass is 10.1. The van der Waals surface area contributed by atoms with Gasteiger partial charge in [-0.2, -0.15) is 0 Å². The minimum Gasteiger partial charge on any atom is -0.361 e. The molecule has 6 nitrogen and oxygen atoms in total. The van der Waals surface area contributed by atoms with Crippen molar-refractivity contribution in [3.8, 4) is 0 Å². The summed E-state index contributed by atoms with van der Waals surface area (Å²) in [6.07, 6.45) is 3.54. The van der Waals surface area contributed by atoms with E-state index >= 15 is 0 Å². The van der Waals surface area contributed by atoms with Crippen LogP contribution in [0.25, 0.3) is 0 Å². The summed E-state index contributed by atoms with van der Waals surface area (Å²) in [4.78, 5) is 19.8. The standard InChI is InChI=1S/C17H24N4O2/c1-11-12(2)18-17(20-8-6-5-7-9-20)21(16(11)22)10-15-13(3)19-23-14(15)4/h5-10H2,1-4H3. The minimum atomic E-state index is 0.0260. The summed E-state index contributed by atoms with van der Waals surface area (Å²) in [5.74, 6) is 1.54. The largest absolute Gasteiger partial charge is 0.361 e. The number of anilines is 1. The van der Waals surface area contributed by atoms with Gasteiger partial charge in [0.25, 0.3) is 5.56 Å². The highest BCUT2D eigenvalue weighted by molar-refractivity contribution is 5.37. The number of aromatic nitrogens is 3. The highest BCUT2D eigenvalue weighted by Gasteiger charge is 2.21. The monoisotopic (exact) mass is 316 g/mol. The fraction of sp³-hybridized carbons (Fsp3) is 0.588. The van der Waals surface area contributed by atoms with Gasteiger partial charge >= 0.3 is 0 Å². The van der Waals surface area contributed by atoms with Crippen LogP contribution in [0.2, 0.25) is 0 Å². The molecule has 0 saturated carbocycles. The van der Waals surface area contributed by atoms with Gasteiger partial charge in [-0.05, 0) is 47.0 Å². The summed E-state index contributed by atoms with van der Waals surface area (Å²) < 4.78 is 7.03. The van der Waals surface area contributed by atoms with E-state index in [1.54, 1.807) is 4.57 Å². The van der Waals surface area contributed by atoms with Crippen molar-refractivity contribution in [2.24, 2.45) is 0 Å². The van der Waals surface area contributed by atoms with Crippen LogP contribution in [0.3, 0.4) is 0 Å². The van der Waals surface area contributed by atoms with Gasteiger partial charge in [-0.25, -0.2) is 4.98 Å². The Labute approximate surface area is 136 Å². The predicted molar refractivity (Wildman–Crippen MR) is 89.1 cm³/mol. The average molecular weight is 316 g/mol. The van der Waals surface area contributed by atoms with E-state index in [0.29, 0.717) is 12.1 Å². The van der Waals surface area contributed by atoms with Crippen LogP contribution in [0.4, 0.5) is 5.95 Å². The number of piperidine rings is 1. The van der Waals surface area contributed by atoms with Crippen molar-refractivity contribution in [3.05, 3.63) is 38.6 Å². The number of nitrogens with zero attached hydrogens (tertiary/aromatic N) is 4. The number of aryl methyl sites for hydroxylation is 3. The predicted octanol–water partition coefficient (Wildman–Crippen LogP) is 2.50. The van der Waals surface area contributed by atoms with Crippen molar-refractivity contribution < 1.29 is 4.52 Å². The molecule has 23 heavy (non-hydrogen) atoms. The molecule has 0 aliphatic carbocycles. The second-order valence-corrected chi connectivity index (χ2v) is 6.36. The van der Waals surface area contributed by atoms with Gasteiger partial charge in [0.05, 0.1) is 12.2 Å². The molecule has 1 aliphatic rings. The number of hydrogen-bond acceptors (Lipinski definition) is 5. The highest BCUT2D eigenvalue weighted by Crippen LogP contribution is 2.21. The molecule has 0 unspecified atom stereocenters. The maximum Gasteiger partial charge on any atom is 0.258 e. The summed E-state index contributed by atoms with van der Waals surface area (Å²) in [6, 6.07) is 0. The zero-order chi connectivity index (χ0) is 16.6. The van der Waals surface area contributed by atoms with Crippen molar-refractivity contribution >= 4 is 5.95 Å². The van der Waals surface area contributed by atoms with E-state index in [1.165, 1.54) is 6.42 Å².